The Hall–Kier alpha value is -3.63. The van der Waals surface area contributed by atoms with Crippen LogP contribution in [0.4, 0.5) is 10.5 Å². The maximum atomic E-state index is 13.2. The van der Waals surface area contributed by atoms with Crippen LogP contribution in [0.3, 0.4) is 0 Å². The molecule has 1 aromatic rings. The van der Waals surface area contributed by atoms with Crippen LogP contribution in [0.25, 0.3) is 0 Å². The van der Waals surface area contributed by atoms with E-state index in [4.69, 9.17) is 14.5 Å². The van der Waals surface area contributed by atoms with E-state index in [0.29, 0.717) is 36.8 Å². The topological polar surface area (TPSA) is 78.2 Å². The van der Waals surface area contributed by atoms with Gasteiger partial charge in [0, 0.05) is 44.6 Å². The molecule has 2 aliphatic rings. The number of aliphatic imine (C=N–C) groups is 1. The highest BCUT2D eigenvalue weighted by Crippen LogP contribution is 2.42. The van der Waals surface area contributed by atoms with E-state index in [1.807, 2.05) is 57.8 Å². The molecule has 0 unspecified atom stereocenters. The van der Waals surface area contributed by atoms with Crippen molar-refractivity contribution in [3.63, 3.8) is 0 Å². The molecule has 2 heterocycles. The summed E-state index contributed by atoms with van der Waals surface area (Å²) in [5.74, 6) is 1.46. The van der Waals surface area contributed by atoms with E-state index in [1.54, 1.807) is 0 Å². The quantitative estimate of drug-likeness (QED) is 0.252. The molecule has 1 fully saturated rings. The number of rotatable bonds is 10. The predicted molar refractivity (Wildman–Crippen MR) is 181 cm³/mol. The van der Waals surface area contributed by atoms with Crippen LogP contribution in [-0.4, -0.2) is 55.3 Å². The number of carbonyl (C=O) groups excluding carboxylic acids is 1. The molecule has 0 aromatic heterocycles. The number of hydrogen-bond donors (Lipinski definition) is 0. The monoisotopic (exact) mass is 600 g/mol. The number of benzene rings is 1. The number of anilines is 1. The second-order valence-electron chi connectivity index (χ2n) is 13.6. The molecule has 1 amide bonds. The van der Waals surface area contributed by atoms with E-state index in [0.717, 1.165) is 65.4 Å². The van der Waals surface area contributed by atoms with E-state index in [9.17, 15) is 10.1 Å². The normalized spacial score (nSPS) is 18.6. The fourth-order valence-electron chi connectivity index (χ4n) is 5.93. The van der Waals surface area contributed by atoms with Gasteiger partial charge in [0.1, 0.15) is 11.4 Å². The zero-order valence-electron chi connectivity index (χ0n) is 28.4. The molecular weight excluding hydrogens is 548 g/mol. The number of carbonyl (C=O) groups is 1. The van der Waals surface area contributed by atoms with Crippen LogP contribution < -0.4 is 4.90 Å². The molecule has 3 rings (SSSR count). The van der Waals surface area contributed by atoms with Gasteiger partial charge in [-0.25, -0.2) is 4.79 Å². The smallest absolute Gasteiger partial charge is 0.410 e. The van der Waals surface area contributed by atoms with Gasteiger partial charge in [0.15, 0.2) is 0 Å². The number of allylic oxidation sites excluding steroid dienone is 2. The average molecular weight is 601 g/mol. The summed E-state index contributed by atoms with van der Waals surface area (Å²) in [6.45, 7) is 27.0. The van der Waals surface area contributed by atoms with E-state index in [2.05, 4.69) is 58.0 Å². The lowest BCUT2D eigenvalue weighted by molar-refractivity contribution is 0.0150. The van der Waals surface area contributed by atoms with Crippen molar-refractivity contribution in [2.75, 3.05) is 31.7 Å². The third-order valence-corrected chi connectivity index (χ3v) is 8.03. The van der Waals surface area contributed by atoms with Gasteiger partial charge < -0.3 is 19.3 Å². The molecule has 0 spiro atoms. The molecule has 44 heavy (non-hydrogen) atoms. The van der Waals surface area contributed by atoms with Crippen LogP contribution in [0.5, 0.6) is 0 Å². The van der Waals surface area contributed by atoms with Crippen molar-refractivity contribution in [3.8, 4) is 6.07 Å². The largest absolute Gasteiger partial charge is 0.444 e. The van der Waals surface area contributed by atoms with Crippen LogP contribution in [0, 0.1) is 30.1 Å². The summed E-state index contributed by atoms with van der Waals surface area (Å²) in [5, 5.41) is 9.64. The zero-order valence-corrected chi connectivity index (χ0v) is 28.4. The summed E-state index contributed by atoms with van der Waals surface area (Å²) < 4.78 is 11.5. The molecule has 7 heteroatoms. The maximum absolute atomic E-state index is 13.2. The van der Waals surface area contributed by atoms with Crippen LogP contribution >= 0.6 is 0 Å². The maximum Gasteiger partial charge on any atom is 0.410 e. The minimum atomic E-state index is -0.567. The number of aryl methyl sites for hydroxylation is 1. The Morgan fingerprint density at radius 2 is 1.89 bits per heavy atom. The van der Waals surface area contributed by atoms with Gasteiger partial charge >= 0.3 is 6.09 Å². The summed E-state index contributed by atoms with van der Waals surface area (Å²) >= 11 is 0. The van der Waals surface area contributed by atoms with Gasteiger partial charge in [-0.1, -0.05) is 44.2 Å². The van der Waals surface area contributed by atoms with Crippen LogP contribution in [0.2, 0.25) is 0 Å². The fourth-order valence-corrected chi connectivity index (χ4v) is 5.93. The molecule has 0 aliphatic carbocycles. The number of amidine groups is 1. The van der Waals surface area contributed by atoms with E-state index in [-0.39, 0.29) is 12.1 Å². The van der Waals surface area contributed by atoms with Crippen molar-refractivity contribution < 1.29 is 14.3 Å². The van der Waals surface area contributed by atoms with Crippen LogP contribution in [0.1, 0.15) is 85.3 Å². The second kappa shape index (κ2) is 14.9. The third kappa shape index (κ3) is 8.72. The zero-order chi connectivity index (χ0) is 32.8. The molecule has 2 aliphatic heterocycles. The number of hydrogen-bond acceptors (Lipinski definition) is 5. The lowest BCUT2D eigenvalue weighted by Crippen LogP contribution is -2.44. The first-order valence-corrected chi connectivity index (χ1v) is 15.8. The SMILES string of the molecule is C=C(C/C(C(=C)C)=C1\C(C2CCOCC2)=CN(c2cc(C#N)ccc2C)\C1=N\C)C[C@@H](C)N(CC(C)C)C(=O)OC(C)(C)C. The lowest BCUT2D eigenvalue weighted by Gasteiger charge is -2.33. The number of ether oxygens (including phenoxy) is 2. The lowest BCUT2D eigenvalue weighted by atomic mass is 9.83. The van der Waals surface area contributed by atoms with Crippen molar-refractivity contribution in [1.82, 2.24) is 4.90 Å². The van der Waals surface area contributed by atoms with Gasteiger partial charge in [0.25, 0.3) is 0 Å². The summed E-state index contributed by atoms with van der Waals surface area (Å²) in [6.07, 6.45) is 5.02. The van der Waals surface area contributed by atoms with Gasteiger partial charge in [-0.15, -0.1) is 0 Å². The summed E-state index contributed by atoms with van der Waals surface area (Å²) in [5.41, 5.74) is 7.45. The molecule has 0 radical (unpaired) electrons. The molecule has 7 nitrogen and oxygen atoms in total. The van der Waals surface area contributed by atoms with Gasteiger partial charge in [-0.3, -0.25) is 4.99 Å². The molecule has 1 atom stereocenters. The van der Waals surface area contributed by atoms with Crippen LogP contribution in [-0.2, 0) is 9.47 Å². The average Bonchev–Trinajstić information content (AvgIpc) is 3.33. The second-order valence-corrected chi connectivity index (χ2v) is 13.6. The number of nitrogens with zero attached hydrogens (tertiary/aromatic N) is 4. The van der Waals surface area contributed by atoms with Crippen molar-refractivity contribution in [1.29, 1.82) is 5.26 Å². The predicted octanol–water partition coefficient (Wildman–Crippen LogP) is 8.52. The summed E-state index contributed by atoms with van der Waals surface area (Å²) in [4.78, 5) is 22.0. The number of amides is 1. The first-order chi connectivity index (χ1) is 20.7. The van der Waals surface area contributed by atoms with Gasteiger partial charge in [-0.05, 0) is 108 Å². The Kier molecular flexibility index (Phi) is 11.8. The minimum Gasteiger partial charge on any atom is -0.444 e. The van der Waals surface area contributed by atoms with Crippen LogP contribution in [0.15, 0.2) is 70.4 Å². The fraction of sp³-hybridized carbons (Fsp3) is 0.541. The molecule has 238 valence electrons. The Bertz CT molecular complexity index is 1380. The Morgan fingerprint density at radius 1 is 1.23 bits per heavy atom. The van der Waals surface area contributed by atoms with E-state index >= 15 is 0 Å². The first-order valence-electron chi connectivity index (χ1n) is 15.8. The van der Waals surface area contributed by atoms with Crippen molar-refractivity contribution in [2.24, 2.45) is 16.8 Å². The van der Waals surface area contributed by atoms with Gasteiger partial charge in [0.2, 0.25) is 0 Å². The minimum absolute atomic E-state index is 0.0858. The van der Waals surface area contributed by atoms with E-state index < -0.39 is 5.60 Å². The molecule has 0 saturated carbocycles. The first kappa shape index (κ1) is 34.9. The molecule has 1 aromatic carbocycles. The standard InChI is InChI=1S/C37H52N4O3/c1-24(2)22-40(36(42)44-37(8,9)10)28(7)18-26(5)19-31(25(3)4)34-32(30-14-16-43-17-15-30)23-41(35(34)39-11)33-20-29(21-38)13-12-27(33)6/h12-13,20,23-24,28,30H,3,5,14-19,22H2,1-2,4,6-11H3/b34-31-,39-35+/t28-/m1/s1. The summed E-state index contributed by atoms with van der Waals surface area (Å²) in [7, 11) is 1.82. The highest BCUT2D eigenvalue weighted by Gasteiger charge is 2.35. The summed E-state index contributed by atoms with van der Waals surface area (Å²) in [6, 6.07) is 7.97. The Labute approximate surface area is 265 Å². The van der Waals surface area contributed by atoms with E-state index in [1.165, 1.54) is 5.57 Å². The van der Waals surface area contributed by atoms with Crippen molar-refractivity contribution in [2.45, 2.75) is 92.7 Å². The molecule has 1 saturated heterocycles. The Morgan fingerprint density at radius 3 is 2.43 bits per heavy atom. The van der Waals surface area contributed by atoms with Crippen molar-refractivity contribution >= 4 is 17.6 Å². The molecule has 0 bridgehead atoms. The number of nitriles is 1. The highest BCUT2D eigenvalue weighted by atomic mass is 16.6. The highest BCUT2D eigenvalue weighted by molar-refractivity contribution is 6.18. The van der Waals surface area contributed by atoms with Crippen molar-refractivity contribution in [3.05, 3.63) is 76.5 Å². The van der Waals surface area contributed by atoms with Gasteiger partial charge in [-0.2, -0.15) is 5.26 Å². The molecule has 0 N–H and O–H groups in total. The van der Waals surface area contributed by atoms with Gasteiger partial charge in [0.05, 0.1) is 17.3 Å². The third-order valence-electron chi connectivity index (χ3n) is 8.03. The Balaban J connectivity index is 2.03. The molecular formula is C37H52N4O3.